The standard InChI is InChI=1S/C11H13N3/c1-3-9-6-10(14-8(2)13-9)11(7-12)4-5-11/h6H,3-5H2,1-2H3. The summed E-state index contributed by atoms with van der Waals surface area (Å²) in [4.78, 5) is 8.66. The molecule has 0 bridgehead atoms. The van der Waals surface area contributed by atoms with Crippen LogP contribution in [0, 0.1) is 18.3 Å². The minimum Gasteiger partial charge on any atom is -0.238 e. The van der Waals surface area contributed by atoms with Crippen LogP contribution >= 0.6 is 0 Å². The Bertz CT molecular complexity index is 399. The highest BCUT2D eigenvalue weighted by atomic mass is 14.9. The van der Waals surface area contributed by atoms with Gasteiger partial charge < -0.3 is 0 Å². The van der Waals surface area contributed by atoms with Gasteiger partial charge >= 0.3 is 0 Å². The Balaban J connectivity index is 2.45. The van der Waals surface area contributed by atoms with E-state index in [1.807, 2.05) is 13.0 Å². The van der Waals surface area contributed by atoms with Crippen molar-refractivity contribution < 1.29 is 0 Å². The molecule has 0 atom stereocenters. The average Bonchev–Trinajstić information content (AvgIpc) is 2.97. The Labute approximate surface area is 83.8 Å². The third-order valence-electron chi connectivity index (χ3n) is 2.71. The zero-order chi connectivity index (χ0) is 10.2. The van der Waals surface area contributed by atoms with Crippen LogP contribution in [-0.4, -0.2) is 9.97 Å². The second-order valence-corrected chi connectivity index (χ2v) is 3.84. The van der Waals surface area contributed by atoms with Gasteiger partial charge in [0.05, 0.1) is 17.2 Å². The van der Waals surface area contributed by atoms with Crippen LogP contribution in [-0.2, 0) is 11.8 Å². The molecule has 1 aromatic rings. The number of hydrogen-bond acceptors (Lipinski definition) is 3. The maximum atomic E-state index is 9.05. The number of aryl methyl sites for hydroxylation is 2. The minimum absolute atomic E-state index is 0.280. The molecule has 1 aliphatic rings. The number of nitriles is 1. The van der Waals surface area contributed by atoms with Crippen molar-refractivity contribution in [2.75, 3.05) is 0 Å². The number of nitrogens with zero attached hydrogens (tertiary/aromatic N) is 3. The highest BCUT2D eigenvalue weighted by Crippen LogP contribution is 2.46. The Morgan fingerprint density at radius 1 is 1.50 bits per heavy atom. The van der Waals surface area contributed by atoms with Gasteiger partial charge in [0.1, 0.15) is 5.82 Å². The quantitative estimate of drug-likeness (QED) is 0.710. The third kappa shape index (κ3) is 1.37. The third-order valence-corrected chi connectivity index (χ3v) is 2.71. The molecule has 0 saturated heterocycles. The Morgan fingerprint density at radius 2 is 2.21 bits per heavy atom. The number of hydrogen-bond donors (Lipinski definition) is 0. The molecular formula is C11H13N3. The van der Waals surface area contributed by atoms with Gasteiger partial charge in [0.15, 0.2) is 0 Å². The molecule has 0 N–H and O–H groups in total. The molecule has 72 valence electrons. The topological polar surface area (TPSA) is 49.6 Å². The molecule has 0 radical (unpaired) electrons. The molecule has 0 amide bonds. The lowest BCUT2D eigenvalue weighted by Gasteiger charge is -2.07. The molecule has 0 unspecified atom stereocenters. The van der Waals surface area contributed by atoms with E-state index >= 15 is 0 Å². The number of rotatable bonds is 2. The normalized spacial score (nSPS) is 17.5. The second kappa shape index (κ2) is 3.06. The summed E-state index contributed by atoms with van der Waals surface area (Å²) in [6.45, 7) is 3.95. The Morgan fingerprint density at radius 3 is 2.71 bits per heavy atom. The summed E-state index contributed by atoms with van der Waals surface area (Å²) in [5, 5.41) is 9.05. The minimum atomic E-state index is -0.280. The van der Waals surface area contributed by atoms with E-state index in [0.717, 1.165) is 36.5 Å². The molecule has 1 saturated carbocycles. The highest BCUT2D eigenvalue weighted by molar-refractivity contribution is 5.34. The van der Waals surface area contributed by atoms with Crippen LogP contribution in [0.2, 0.25) is 0 Å². The fourth-order valence-corrected chi connectivity index (χ4v) is 1.61. The largest absolute Gasteiger partial charge is 0.238 e. The van der Waals surface area contributed by atoms with E-state index in [0.29, 0.717) is 0 Å². The fourth-order valence-electron chi connectivity index (χ4n) is 1.61. The second-order valence-electron chi connectivity index (χ2n) is 3.84. The molecule has 0 spiro atoms. The summed E-state index contributed by atoms with van der Waals surface area (Å²) in [7, 11) is 0. The monoisotopic (exact) mass is 187 g/mol. The lowest BCUT2D eigenvalue weighted by Crippen LogP contribution is -2.09. The fraction of sp³-hybridized carbons (Fsp3) is 0.545. The van der Waals surface area contributed by atoms with E-state index in [9.17, 15) is 0 Å². The highest BCUT2D eigenvalue weighted by Gasteiger charge is 2.46. The van der Waals surface area contributed by atoms with E-state index in [-0.39, 0.29) is 5.41 Å². The smallest absolute Gasteiger partial charge is 0.125 e. The van der Waals surface area contributed by atoms with Crippen LogP contribution < -0.4 is 0 Å². The zero-order valence-electron chi connectivity index (χ0n) is 8.54. The van der Waals surface area contributed by atoms with Crippen LogP contribution in [0.4, 0.5) is 0 Å². The first-order chi connectivity index (χ1) is 6.70. The summed E-state index contributed by atoms with van der Waals surface area (Å²) < 4.78 is 0. The van der Waals surface area contributed by atoms with Crippen LogP contribution in [0.1, 0.15) is 37.0 Å². The molecule has 3 heteroatoms. The summed E-state index contributed by atoms with van der Waals surface area (Å²) in [6, 6.07) is 4.33. The van der Waals surface area contributed by atoms with E-state index in [1.165, 1.54) is 0 Å². The molecule has 3 nitrogen and oxygen atoms in total. The SMILES string of the molecule is CCc1cc(C2(C#N)CC2)nc(C)n1. The van der Waals surface area contributed by atoms with Gasteiger partial charge in [-0.1, -0.05) is 6.92 Å². The van der Waals surface area contributed by atoms with Crippen LogP contribution in [0.5, 0.6) is 0 Å². The van der Waals surface area contributed by atoms with Gasteiger partial charge in [-0.05, 0) is 32.3 Å². The van der Waals surface area contributed by atoms with E-state index in [4.69, 9.17) is 5.26 Å². The summed E-state index contributed by atoms with van der Waals surface area (Å²) in [5.41, 5.74) is 1.68. The number of aromatic nitrogens is 2. The van der Waals surface area contributed by atoms with Gasteiger partial charge in [-0.2, -0.15) is 5.26 Å². The molecule has 14 heavy (non-hydrogen) atoms. The molecule has 1 aliphatic carbocycles. The van der Waals surface area contributed by atoms with Gasteiger partial charge in [0.2, 0.25) is 0 Å². The van der Waals surface area contributed by atoms with Crippen molar-refractivity contribution in [2.24, 2.45) is 0 Å². The molecule has 1 aromatic heterocycles. The lowest BCUT2D eigenvalue weighted by atomic mass is 10.0. The Kier molecular flexibility index (Phi) is 1.99. The zero-order valence-corrected chi connectivity index (χ0v) is 8.54. The van der Waals surface area contributed by atoms with Crippen molar-refractivity contribution in [1.82, 2.24) is 9.97 Å². The van der Waals surface area contributed by atoms with Crippen molar-refractivity contribution in [2.45, 2.75) is 38.5 Å². The van der Waals surface area contributed by atoms with Gasteiger partial charge in [-0.25, -0.2) is 9.97 Å². The Hall–Kier alpha value is -1.43. The van der Waals surface area contributed by atoms with Crippen LogP contribution in [0.15, 0.2) is 6.07 Å². The lowest BCUT2D eigenvalue weighted by molar-refractivity contribution is 0.807. The van der Waals surface area contributed by atoms with Crippen molar-refractivity contribution in [1.29, 1.82) is 5.26 Å². The molecule has 1 heterocycles. The average molecular weight is 187 g/mol. The maximum absolute atomic E-state index is 9.05. The van der Waals surface area contributed by atoms with Crippen molar-refractivity contribution in [3.05, 3.63) is 23.3 Å². The molecular weight excluding hydrogens is 174 g/mol. The first kappa shape index (κ1) is 9.14. The van der Waals surface area contributed by atoms with Gasteiger partial charge in [0.25, 0.3) is 0 Å². The van der Waals surface area contributed by atoms with E-state index in [2.05, 4.69) is 23.0 Å². The van der Waals surface area contributed by atoms with E-state index < -0.39 is 0 Å². The molecule has 0 aliphatic heterocycles. The van der Waals surface area contributed by atoms with Gasteiger partial charge in [-0.3, -0.25) is 0 Å². The molecule has 1 fully saturated rings. The van der Waals surface area contributed by atoms with Crippen molar-refractivity contribution in [3.63, 3.8) is 0 Å². The van der Waals surface area contributed by atoms with Gasteiger partial charge in [-0.15, -0.1) is 0 Å². The molecule has 0 aromatic carbocycles. The summed E-state index contributed by atoms with van der Waals surface area (Å²) >= 11 is 0. The molecule has 2 rings (SSSR count). The maximum Gasteiger partial charge on any atom is 0.125 e. The van der Waals surface area contributed by atoms with Crippen molar-refractivity contribution in [3.8, 4) is 6.07 Å². The summed E-state index contributed by atoms with van der Waals surface area (Å²) in [6.07, 6.45) is 2.80. The summed E-state index contributed by atoms with van der Waals surface area (Å²) in [5.74, 6) is 0.779. The van der Waals surface area contributed by atoms with E-state index in [1.54, 1.807) is 0 Å². The predicted molar refractivity (Wildman–Crippen MR) is 52.7 cm³/mol. The van der Waals surface area contributed by atoms with Crippen LogP contribution in [0.3, 0.4) is 0 Å². The first-order valence-electron chi connectivity index (χ1n) is 4.96. The van der Waals surface area contributed by atoms with Gasteiger partial charge in [0, 0.05) is 5.69 Å². The predicted octanol–water partition coefficient (Wildman–Crippen LogP) is 1.90. The van der Waals surface area contributed by atoms with Crippen LogP contribution in [0.25, 0.3) is 0 Å². The van der Waals surface area contributed by atoms with Crippen molar-refractivity contribution >= 4 is 0 Å². The first-order valence-corrected chi connectivity index (χ1v) is 4.96.